The molecular weight excluding hydrogens is 328 g/mol. The predicted octanol–water partition coefficient (Wildman–Crippen LogP) is 0.726. The third kappa shape index (κ3) is 5.10. The maximum Gasteiger partial charge on any atom is 0.306 e. The Morgan fingerprint density at radius 3 is 2.08 bits per heavy atom. The van der Waals surface area contributed by atoms with Crippen molar-refractivity contribution in [2.45, 2.75) is 19.8 Å². The number of aromatic hydroxyl groups is 2. The average Bonchev–Trinajstić information content (AvgIpc) is 2.58. The number of amides is 2. The van der Waals surface area contributed by atoms with Gasteiger partial charge in [-0.25, -0.2) is 0 Å². The van der Waals surface area contributed by atoms with Gasteiger partial charge in [0.2, 0.25) is 5.91 Å². The highest BCUT2D eigenvalue weighted by molar-refractivity contribution is 5.95. The Bertz CT molecular complexity index is 632. The van der Waals surface area contributed by atoms with Crippen molar-refractivity contribution < 1.29 is 29.3 Å². The van der Waals surface area contributed by atoms with Crippen LogP contribution in [0.1, 0.15) is 30.1 Å². The zero-order valence-electron chi connectivity index (χ0n) is 14.1. The molecule has 1 aromatic carbocycles. The maximum atomic E-state index is 12.4. The minimum absolute atomic E-state index is 0.0500. The van der Waals surface area contributed by atoms with Gasteiger partial charge in [0.05, 0.1) is 13.0 Å². The van der Waals surface area contributed by atoms with Crippen LogP contribution in [0.5, 0.6) is 11.5 Å². The fourth-order valence-corrected chi connectivity index (χ4v) is 2.66. The summed E-state index contributed by atoms with van der Waals surface area (Å²) in [4.78, 5) is 39.0. The molecule has 0 spiro atoms. The molecule has 1 aliphatic heterocycles. The zero-order chi connectivity index (χ0) is 18.4. The fraction of sp³-hybridized carbons (Fsp3) is 0.471. The molecule has 0 saturated carbocycles. The van der Waals surface area contributed by atoms with Gasteiger partial charge in [-0.2, -0.15) is 0 Å². The second kappa shape index (κ2) is 8.36. The van der Waals surface area contributed by atoms with E-state index in [9.17, 15) is 24.6 Å². The van der Waals surface area contributed by atoms with Crippen LogP contribution < -0.4 is 0 Å². The van der Waals surface area contributed by atoms with E-state index in [2.05, 4.69) is 0 Å². The molecule has 0 unspecified atom stereocenters. The number of ether oxygens (including phenoxy) is 1. The first-order valence-electron chi connectivity index (χ1n) is 8.16. The van der Waals surface area contributed by atoms with Crippen LogP contribution in [0.25, 0.3) is 0 Å². The molecule has 1 saturated heterocycles. The van der Waals surface area contributed by atoms with Gasteiger partial charge in [0, 0.05) is 44.2 Å². The Morgan fingerprint density at radius 1 is 0.960 bits per heavy atom. The number of hydrogen-bond acceptors (Lipinski definition) is 6. The first kappa shape index (κ1) is 18.6. The number of esters is 1. The van der Waals surface area contributed by atoms with Gasteiger partial charge < -0.3 is 24.7 Å². The standard InChI is InChI=1S/C17H22N2O6/c1-2-25-16(23)4-3-15(22)18-5-7-19(8-6-18)17(24)12-9-13(20)11-14(21)10-12/h9-11,20-21H,2-8H2,1H3. The van der Waals surface area contributed by atoms with E-state index in [-0.39, 0.29) is 41.7 Å². The lowest BCUT2D eigenvalue weighted by Crippen LogP contribution is -2.50. The van der Waals surface area contributed by atoms with Crippen molar-refractivity contribution >= 4 is 17.8 Å². The van der Waals surface area contributed by atoms with Crippen LogP contribution in [0.4, 0.5) is 0 Å². The lowest BCUT2D eigenvalue weighted by atomic mass is 10.1. The van der Waals surface area contributed by atoms with Gasteiger partial charge in [0.25, 0.3) is 5.91 Å². The summed E-state index contributed by atoms with van der Waals surface area (Å²) in [5, 5.41) is 19.0. The van der Waals surface area contributed by atoms with E-state index in [0.29, 0.717) is 32.8 Å². The number of benzene rings is 1. The Kier molecular flexibility index (Phi) is 6.21. The molecule has 2 amide bonds. The smallest absolute Gasteiger partial charge is 0.306 e. The normalized spacial score (nSPS) is 14.3. The Morgan fingerprint density at radius 2 is 1.52 bits per heavy atom. The zero-order valence-corrected chi connectivity index (χ0v) is 14.1. The van der Waals surface area contributed by atoms with Gasteiger partial charge in [-0.1, -0.05) is 0 Å². The number of carbonyl (C=O) groups is 3. The number of phenols is 2. The average molecular weight is 350 g/mol. The topological polar surface area (TPSA) is 107 Å². The van der Waals surface area contributed by atoms with E-state index in [4.69, 9.17) is 4.74 Å². The first-order valence-corrected chi connectivity index (χ1v) is 8.16. The molecule has 1 heterocycles. The third-order valence-electron chi connectivity index (χ3n) is 3.92. The van der Waals surface area contributed by atoms with Crippen LogP contribution >= 0.6 is 0 Å². The monoisotopic (exact) mass is 350 g/mol. The van der Waals surface area contributed by atoms with Gasteiger partial charge >= 0.3 is 5.97 Å². The molecule has 1 aliphatic rings. The van der Waals surface area contributed by atoms with Gasteiger partial charge in [0.15, 0.2) is 0 Å². The Hall–Kier alpha value is -2.77. The number of nitrogens with zero attached hydrogens (tertiary/aromatic N) is 2. The number of piperazine rings is 1. The highest BCUT2D eigenvalue weighted by atomic mass is 16.5. The molecule has 0 radical (unpaired) electrons. The van der Waals surface area contributed by atoms with Gasteiger partial charge in [-0.15, -0.1) is 0 Å². The minimum Gasteiger partial charge on any atom is -0.508 e. The molecule has 8 heteroatoms. The van der Waals surface area contributed by atoms with Crippen molar-refractivity contribution in [2.75, 3.05) is 32.8 Å². The maximum absolute atomic E-state index is 12.4. The van der Waals surface area contributed by atoms with Crippen molar-refractivity contribution in [1.29, 1.82) is 0 Å². The lowest BCUT2D eigenvalue weighted by Gasteiger charge is -2.34. The van der Waals surface area contributed by atoms with Gasteiger partial charge in [-0.05, 0) is 19.1 Å². The molecule has 0 bridgehead atoms. The molecule has 8 nitrogen and oxygen atoms in total. The van der Waals surface area contributed by atoms with Crippen LogP contribution in [-0.2, 0) is 14.3 Å². The molecule has 1 aromatic rings. The molecule has 25 heavy (non-hydrogen) atoms. The largest absolute Gasteiger partial charge is 0.508 e. The quantitative estimate of drug-likeness (QED) is 0.758. The van der Waals surface area contributed by atoms with Crippen LogP contribution in [0.2, 0.25) is 0 Å². The van der Waals surface area contributed by atoms with E-state index >= 15 is 0 Å². The number of rotatable bonds is 5. The summed E-state index contributed by atoms with van der Waals surface area (Å²) >= 11 is 0. The summed E-state index contributed by atoms with van der Waals surface area (Å²) in [5.74, 6) is -1.22. The Labute approximate surface area is 145 Å². The fourth-order valence-electron chi connectivity index (χ4n) is 2.66. The summed E-state index contributed by atoms with van der Waals surface area (Å²) in [6, 6.07) is 3.73. The van der Waals surface area contributed by atoms with Crippen LogP contribution in [0.3, 0.4) is 0 Å². The lowest BCUT2D eigenvalue weighted by molar-refractivity contribution is -0.146. The predicted molar refractivity (Wildman–Crippen MR) is 88.1 cm³/mol. The molecule has 1 fully saturated rings. The molecular formula is C17H22N2O6. The van der Waals surface area contributed by atoms with Crippen LogP contribution in [-0.4, -0.2) is 70.6 Å². The van der Waals surface area contributed by atoms with Crippen molar-refractivity contribution in [3.05, 3.63) is 23.8 Å². The molecule has 2 N–H and O–H groups in total. The first-order chi connectivity index (χ1) is 11.9. The SMILES string of the molecule is CCOC(=O)CCC(=O)N1CCN(C(=O)c2cc(O)cc(O)c2)CC1. The number of carbonyl (C=O) groups excluding carboxylic acids is 3. The molecule has 0 aromatic heterocycles. The van der Waals surface area contributed by atoms with Crippen LogP contribution in [0.15, 0.2) is 18.2 Å². The van der Waals surface area contributed by atoms with Crippen molar-refractivity contribution in [2.24, 2.45) is 0 Å². The van der Waals surface area contributed by atoms with E-state index in [0.717, 1.165) is 6.07 Å². The third-order valence-corrected chi connectivity index (χ3v) is 3.92. The number of hydrogen-bond donors (Lipinski definition) is 2. The summed E-state index contributed by atoms with van der Waals surface area (Å²) in [6.45, 7) is 3.44. The van der Waals surface area contributed by atoms with E-state index in [1.807, 2.05) is 0 Å². The highest BCUT2D eigenvalue weighted by Gasteiger charge is 2.25. The molecule has 0 atom stereocenters. The second-order valence-electron chi connectivity index (χ2n) is 5.72. The second-order valence-corrected chi connectivity index (χ2v) is 5.72. The summed E-state index contributed by atoms with van der Waals surface area (Å²) in [5.41, 5.74) is 0.194. The highest BCUT2D eigenvalue weighted by Crippen LogP contribution is 2.22. The number of phenolic OH excluding ortho intramolecular Hbond substituents is 2. The summed E-state index contributed by atoms with van der Waals surface area (Å²) in [6.07, 6.45) is 0.140. The van der Waals surface area contributed by atoms with Crippen molar-refractivity contribution in [3.8, 4) is 11.5 Å². The van der Waals surface area contributed by atoms with Crippen molar-refractivity contribution in [1.82, 2.24) is 9.80 Å². The summed E-state index contributed by atoms with van der Waals surface area (Å²) in [7, 11) is 0. The molecule has 136 valence electrons. The van der Waals surface area contributed by atoms with Gasteiger partial charge in [-0.3, -0.25) is 14.4 Å². The molecule has 0 aliphatic carbocycles. The van der Waals surface area contributed by atoms with E-state index in [1.165, 1.54) is 12.1 Å². The summed E-state index contributed by atoms with van der Waals surface area (Å²) < 4.78 is 4.79. The van der Waals surface area contributed by atoms with Crippen LogP contribution in [0, 0.1) is 0 Å². The molecule has 2 rings (SSSR count). The minimum atomic E-state index is -0.395. The van der Waals surface area contributed by atoms with E-state index < -0.39 is 5.97 Å². The van der Waals surface area contributed by atoms with Gasteiger partial charge in [0.1, 0.15) is 11.5 Å². The van der Waals surface area contributed by atoms with Crippen molar-refractivity contribution in [3.63, 3.8) is 0 Å². The van der Waals surface area contributed by atoms with E-state index in [1.54, 1.807) is 16.7 Å². The Balaban J connectivity index is 1.85.